The molecule has 6 aromatic carbocycles. The molecule has 0 atom stereocenters. The molecule has 0 aliphatic heterocycles. The fourth-order valence-corrected chi connectivity index (χ4v) is 7.26. The van der Waals surface area contributed by atoms with Crippen molar-refractivity contribution in [1.29, 1.82) is 0 Å². The monoisotopic (exact) mass is 608 g/mol. The van der Waals surface area contributed by atoms with Gasteiger partial charge in [0.1, 0.15) is 5.52 Å². The SMILES string of the molecule is c1ccc(-c2nc(-c3ccccc3)nc(-c3ccccc3-c3cc4oc(-c5ccccc5)nc4c4c3sc3ccccc34)n2)cc1. The highest BCUT2D eigenvalue weighted by atomic mass is 32.1. The molecular formula is C40H24N4OS. The topological polar surface area (TPSA) is 64.7 Å². The lowest BCUT2D eigenvalue weighted by molar-refractivity contribution is 0.620. The zero-order chi connectivity index (χ0) is 30.5. The second-order valence-electron chi connectivity index (χ2n) is 11.0. The van der Waals surface area contributed by atoms with Gasteiger partial charge in [0.15, 0.2) is 23.1 Å². The Balaban J connectivity index is 1.32. The van der Waals surface area contributed by atoms with Crippen LogP contribution in [-0.4, -0.2) is 19.9 Å². The average Bonchev–Trinajstić information content (AvgIpc) is 3.74. The van der Waals surface area contributed by atoms with E-state index in [-0.39, 0.29) is 0 Å². The smallest absolute Gasteiger partial charge is 0.227 e. The fourth-order valence-electron chi connectivity index (χ4n) is 6.02. The molecule has 6 heteroatoms. The number of hydrogen-bond donors (Lipinski definition) is 0. The molecule has 0 bridgehead atoms. The number of nitrogens with zero attached hydrogens (tertiary/aromatic N) is 4. The first-order chi connectivity index (χ1) is 22.8. The lowest BCUT2D eigenvalue weighted by Crippen LogP contribution is -2.01. The first-order valence-corrected chi connectivity index (χ1v) is 15.9. The number of hydrogen-bond acceptors (Lipinski definition) is 6. The van der Waals surface area contributed by atoms with Crippen LogP contribution in [0.4, 0.5) is 0 Å². The molecule has 9 rings (SSSR count). The van der Waals surface area contributed by atoms with E-state index in [0.29, 0.717) is 23.4 Å². The summed E-state index contributed by atoms with van der Waals surface area (Å²) in [6, 6.07) is 49.2. The van der Waals surface area contributed by atoms with Crippen molar-refractivity contribution in [3.05, 3.63) is 146 Å². The minimum absolute atomic E-state index is 0.607. The minimum atomic E-state index is 0.607. The third-order valence-electron chi connectivity index (χ3n) is 8.18. The van der Waals surface area contributed by atoms with Gasteiger partial charge in [0.25, 0.3) is 0 Å². The number of oxazole rings is 1. The van der Waals surface area contributed by atoms with E-state index in [9.17, 15) is 0 Å². The Morgan fingerprint density at radius 3 is 1.67 bits per heavy atom. The lowest BCUT2D eigenvalue weighted by atomic mass is 9.96. The molecule has 0 aliphatic carbocycles. The predicted molar refractivity (Wildman–Crippen MR) is 187 cm³/mol. The minimum Gasteiger partial charge on any atom is -0.436 e. The summed E-state index contributed by atoms with van der Waals surface area (Å²) in [7, 11) is 0. The molecule has 0 aliphatic rings. The van der Waals surface area contributed by atoms with Crippen molar-refractivity contribution in [2.24, 2.45) is 0 Å². The third kappa shape index (κ3) is 4.47. The van der Waals surface area contributed by atoms with E-state index < -0.39 is 0 Å². The summed E-state index contributed by atoms with van der Waals surface area (Å²) in [4.78, 5) is 20.1. The van der Waals surface area contributed by atoms with Gasteiger partial charge in [-0.1, -0.05) is 121 Å². The quantitative estimate of drug-likeness (QED) is 0.194. The number of thiophene rings is 1. The van der Waals surface area contributed by atoms with Crippen molar-refractivity contribution in [2.45, 2.75) is 0 Å². The van der Waals surface area contributed by atoms with Crippen LogP contribution in [0.2, 0.25) is 0 Å². The molecule has 3 heterocycles. The van der Waals surface area contributed by atoms with E-state index in [1.165, 1.54) is 4.70 Å². The van der Waals surface area contributed by atoms with Gasteiger partial charge in [-0.25, -0.2) is 19.9 Å². The summed E-state index contributed by atoms with van der Waals surface area (Å²) in [5.41, 5.74) is 7.41. The summed E-state index contributed by atoms with van der Waals surface area (Å²) in [5, 5.41) is 2.26. The van der Waals surface area contributed by atoms with E-state index in [4.69, 9.17) is 24.4 Å². The molecule has 0 N–H and O–H groups in total. The summed E-state index contributed by atoms with van der Waals surface area (Å²) in [6.45, 7) is 0. The Morgan fingerprint density at radius 1 is 0.457 bits per heavy atom. The van der Waals surface area contributed by atoms with Gasteiger partial charge in [0.2, 0.25) is 5.89 Å². The Labute approximate surface area is 268 Å². The molecular weight excluding hydrogens is 585 g/mol. The van der Waals surface area contributed by atoms with Gasteiger partial charge in [-0.05, 0) is 29.8 Å². The zero-order valence-corrected chi connectivity index (χ0v) is 25.3. The van der Waals surface area contributed by atoms with Crippen molar-refractivity contribution in [2.75, 3.05) is 0 Å². The summed E-state index contributed by atoms with van der Waals surface area (Å²) in [5.74, 6) is 2.48. The molecule has 0 radical (unpaired) electrons. The van der Waals surface area contributed by atoms with Gasteiger partial charge in [-0.3, -0.25) is 0 Å². The standard InChI is InChI=1S/C40H24N4OS/c1-4-14-25(15-5-1)37-42-38(26-16-6-2-7-17-26)44-39(43-37)29-21-11-10-20-28(29)31-24-32-35(41-40(45-32)27-18-8-3-9-19-27)34-30-22-12-13-23-33(30)46-36(31)34/h1-24H. The van der Waals surface area contributed by atoms with Crippen molar-refractivity contribution < 1.29 is 4.42 Å². The second-order valence-corrected chi connectivity index (χ2v) is 12.1. The second kappa shape index (κ2) is 10.9. The Morgan fingerprint density at radius 2 is 1.00 bits per heavy atom. The van der Waals surface area contributed by atoms with E-state index >= 15 is 0 Å². The molecule has 0 fully saturated rings. The number of benzene rings is 6. The average molecular weight is 609 g/mol. The van der Waals surface area contributed by atoms with Crippen molar-refractivity contribution in [3.8, 4) is 56.7 Å². The van der Waals surface area contributed by atoms with Crippen LogP contribution in [0, 0.1) is 0 Å². The maximum absolute atomic E-state index is 6.49. The summed E-state index contributed by atoms with van der Waals surface area (Å²) >= 11 is 1.77. The summed E-state index contributed by atoms with van der Waals surface area (Å²) in [6.07, 6.45) is 0. The molecule has 3 aromatic heterocycles. The third-order valence-corrected chi connectivity index (χ3v) is 9.39. The van der Waals surface area contributed by atoms with Gasteiger partial charge < -0.3 is 4.42 Å². The van der Waals surface area contributed by atoms with E-state index in [1.807, 2.05) is 97.1 Å². The summed E-state index contributed by atoms with van der Waals surface area (Å²) < 4.78 is 8.84. The van der Waals surface area contributed by atoms with Crippen LogP contribution in [0.5, 0.6) is 0 Å². The van der Waals surface area contributed by atoms with Crippen molar-refractivity contribution >= 4 is 42.6 Å². The first kappa shape index (κ1) is 26.4. The van der Waals surface area contributed by atoms with Gasteiger partial charge in [-0.15, -0.1) is 11.3 Å². The van der Waals surface area contributed by atoms with Crippen LogP contribution >= 0.6 is 11.3 Å². The first-order valence-electron chi connectivity index (χ1n) is 15.1. The molecule has 0 saturated heterocycles. The van der Waals surface area contributed by atoms with E-state index in [0.717, 1.165) is 60.0 Å². The zero-order valence-electron chi connectivity index (χ0n) is 24.5. The molecule has 0 unspecified atom stereocenters. The van der Waals surface area contributed by atoms with Gasteiger partial charge in [0.05, 0.1) is 0 Å². The van der Waals surface area contributed by atoms with Gasteiger partial charge in [-0.2, -0.15) is 0 Å². The highest BCUT2D eigenvalue weighted by Gasteiger charge is 2.22. The normalized spacial score (nSPS) is 11.5. The van der Waals surface area contributed by atoms with E-state index in [1.54, 1.807) is 11.3 Å². The molecule has 9 aromatic rings. The van der Waals surface area contributed by atoms with Crippen molar-refractivity contribution in [3.63, 3.8) is 0 Å². The van der Waals surface area contributed by atoms with E-state index in [2.05, 4.69) is 48.5 Å². The molecule has 0 saturated carbocycles. The fraction of sp³-hybridized carbons (Fsp3) is 0. The molecule has 0 spiro atoms. The van der Waals surface area contributed by atoms with Crippen LogP contribution in [0.1, 0.15) is 0 Å². The molecule has 5 nitrogen and oxygen atoms in total. The highest BCUT2D eigenvalue weighted by molar-refractivity contribution is 7.26. The maximum atomic E-state index is 6.49. The lowest BCUT2D eigenvalue weighted by Gasteiger charge is -2.12. The predicted octanol–water partition coefficient (Wildman–Crippen LogP) is 10.7. The Hall–Kier alpha value is -5.98. The number of aromatic nitrogens is 4. The number of rotatable bonds is 5. The molecule has 46 heavy (non-hydrogen) atoms. The van der Waals surface area contributed by atoms with Gasteiger partial charge in [0, 0.05) is 48.0 Å². The molecule has 216 valence electrons. The van der Waals surface area contributed by atoms with Crippen LogP contribution in [0.25, 0.3) is 88.0 Å². The van der Waals surface area contributed by atoms with Crippen molar-refractivity contribution in [1.82, 2.24) is 19.9 Å². The Kier molecular flexibility index (Phi) is 6.25. The largest absolute Gasteiger partial charge is 0.436 e. The van der Waals surface area contributed by atoms with Gasteiger partial charge >= 0.3 is 0 Å². The molecule has 0 amide bonds. The maximum Gasteiger partial charge on any atom is 0.227 e. The van der Waals surface area contributed by atoms with Crippen LogP contribution in [0.15, 0.2) is 150 Å². The van der Waals surface area contributed by atoms with Crippen LogP contribution < -0.4 is 0 Å². The highest BCUT2D eigenvalue weighted by Crippen LogP contribution is 2.46. The number of fused-ring (bicyclic) bond motifs is 5. The Bertz CT molecular complexity index is 2470. The van der Waals surface area contributed by atoms with Crippen LogP contribution in [0.3, 0.4) is 0 Å². The van der Waals surface area contributed by atoms with Crippen LogP contribution in [-0.2, 0) is 0 Å².